The fourth-order valence-corrected chi connectivity index (χ4v) is 2.35. The maximum atomic E-state index is 11.3. The van der Waals surface area contributed by atoms with Gasteiger partial charge in [-0.1, -0.05) is 32.0 Å². The van der Waals surface area contributed by atoms with Crippen molar-refractivity contribution in [2.75, 3.05) is 0 Å². The van der Waals surface area contributed by atoms with E-state index in [0.717, 1.165) is 10.9 Å². The van der Waals surface area contributed by atoms with Gasteiger partial charge in [0.2, 0.25) is 11.7 Å². The summed E-state index contributed by atoms with van der Waals surface area (Å²) in [6.07, 6.45) is 0. The van der Waals surface area contributed by atoms with Gasteiger partial charge in [-0.3, -0.25) is 4.68 Å². The van der Waals surface area contributed by atoms with Crippen molar-refractivity contribution < 1.29 is 14.3 Å². The Kier molecular flexibility index (Phi) is 3.01. The Hall–Kier alpha value is -2.63. The smallest absolute Gasteiger partial charge is 0.373 e. The van der Waals surface area contributed by atoms with E-state index in [0.29, 0.717) is 11.4 Å². The molecule has 0 amide bonds. The predicted molar refractivity (Wildman–Crippen MR) is 77.3 cm³/mol. The van der Waals surface area contributed by atoms with E-state index in [-0.39, 0.29) is 17.6 Å². The Morgan fingerprint density at radius 2 is 2.05 bits per heavy atom. The molecule has 3 aromatic rings. The zero-order chi connectivity index (χ0) is 15.1. The van der Waals surface area contributed by atoms with Crippen molar-refractivity contribution in [3.8, 4) is 11.6 Å². The minimum Gasteiger partial charge on any atom is -0.475 e. The number of benzene rings is 1. The summed E-state index contributed by atoms with van der Waals surface area (Å²) < 4.78 is 7.19. The highest BCUT2D eigenvalue weighted by Gasteiger charge is 2.24. The van der Waals surface area contributed by atoms with E-state index in [1.807, 2.05) is 45.2 Å². The summed E-state index contributed by atoms with van der Waals surface area (Å²) >= 11 is 0. The van der Waals surface area contributed by atoms with Crippen molar-refractivity contribution in [2.24, 2.45) is 7.05 Å². The van der Waals surface area contributed by atoms with Gasteiger partial charge in [-0.2, -0.15) is 5.10 Å². The summed E-state index contributed by atoms with van der Waals surface area (Å²) in [7, 11) is 1.83. The van der Waals surface area contributed by atoms with Gasteiger partial charge in [0.15, 0.2) is 5.69 Å². The number of carboxylic acids is 1. The molecule has 3 rings (SSSR count). The lowest BCUT2D eigenvalue weighted by atomic mass is 10.1. The van der Waals surface area contributed by atoms with Gasteiger partial charge in [0.25, 0.3) is 0 Å². The third kappa shape index (κ3) is 2.08. The SMILES string of the molecule is CC(C)c1nc(-c2nn(C)c3ccccc23)oc1C(=O)O. The molecule has 0 aliphatic rings. The summed E-state index contributed by atoms with van der Waals surface area (Å²) in [5.41, 5.74) is 1.93. The highest BCUT2D eigenvalue weighted by Crippen LogP contribution is 2.30. The maximum Gasteiger partial charge on any atom is 0.373 e. The monoisotopic (exact) mass is 285 g/mol. The Labute approximate surface area is 121 Å². The summed E-state index contributed by atoms with van der Waals surface area (Å²) in [6, 6.07) is 7.68. The van der Waals surface area contributed by atoms with Crippen molar-refractivity contribution in [3.63, 3.8) is 0 Å². The molecule has 1 aromatic carbocycles. The van der Waals surface area contributed by atoms with Crippen LogP contribution in [-0.2, 0) is 7.05 Å². The molecular weight excluding hydrogens is 270 g/mol. The number of aryl methyl sites for hydroxylation is 1. The second-order valence-corrected chi connectivity index (χ2v) is 5.18. The van der Waals surface area contributed by atoms with Crippen molar-refractivity contribution in [1.82, 2.24) is 14.8 Å². The van der Waals surface area contributed by atoms with E-state index < -0.39 is 5.97 Å². The van der Waals surface area contributed by atoms with Crippen LogP contribution in [-0.4, -0.2) is 25.8 Å². The van der Waals surface area contributed by atoms with Gasteiger partial charge in [0.05, 0.1) is 11.2 Å². The van der Waals surface area contributed by atoms with Crippen LogP contribution >= 0.6 is 0 Å². The molecule has 0 radical (unpaired) electrons. The first-order valence-corrected chi connectivity index (χ1v) is 6.65. The lowest BCUT2D eigenvalue weighted by molar-refractivity contribution is 0.0661. The molecule has 0 unspecified atom stereocenters. The first kappa shape index (κ1) is 13.4. The third-order valence-corrected chi connectivity index (χ3v) is 3.35. The Morgan fingerprint density at radius 1 is 1.33 bits per heavy atom. The van der Waals surface area contributed by atoms with Crippen molar-refractivity contribution in [2.45, 2.75) is 19.8 Å². The average Bonchev–Trinajstić information content (AvgIpc) is 3.01. The molecule has 0 atom stereocenters. The zero-order valence-electron chi connectivity index (χ0n) is 12.0. The van der Waals surface area contributed by atoms with Crippen LogP contribution in [0, 0.1) is 0 Å². The van der Waals surface area contributed by atoms with Crippen LogP contribution in [0.3, 0.4) is 0 Å². The van der Waals surface area contributed by atoms with Crippen LogP contribution < -0.4 is 0 Å². The Morgan fingerprint density at radius 3 is 2.67 bits per heavy atom. The van der Waals surface area contributed by atoms with Crippen LogP contribution in [0.25, 0.3) is 22.5 Å². The molecule has 0 spiro atoms. The predicted octanol–water partition coefficient (Wildman–Crippen LogP) is 3.05. The van der Waals surface area contributed by atoms with Gasteiger partial charge in [-0.25, -0.2) is 9.78 Å². The van der Waals surface area contributed by atoms with E-state index in [1.165, 1.54) is 0 Å². The Bertz CT molecular complexity index is 830. The lowest BCUT2D eigenvalue weighted by Crippen LogP contribution is -2.01. The van der Waals surface area contributed by atoms with E-state index in [2.05, 4.69) is 10.1 Å². The molecule has 0 saturated carbocycles. The molecular formula is C15H15N3O3. The number of hydrogen-bond acceptors (Lipinski definition) is 4. The number of fused-ring (bicyclic) bond motifs is 1. The molecule has 0 bridgehead atoms. The van der Waals surface area contributed by atoms with E-state index in [1.54, 1.807) is 4.68 Å². The quantitative estimate of drug-likeness (QED) is 0.799. The number of aromatic carboxylic acids is 1. The number of hydrogen-bond donors (Lipinski definition) is 1. The lowest BCUT2D eigenvalue weighted by Gasteiger charge is -1.98. The molecule has 6 heteroatoms. The molecule has 2 aromatic heterocycles. The molecule has 0 aliphatic carbocycles. The summed E-state index contributed by atoms with van der Waals surface area (Å²) in [5, 5.41) is 14.5. The van der Waals surface area contributed by atoms with Crippen molar-refractivity contribution in [1.29, 1.82) is 0 Å². The average molecular weight is 285 g/mol. The van der Waals surface area contributed by atoms with E-state index in [9.17, 15) is 9.90 Å². The molecule has 108 valence electrons. The Balaban J connectivity index is 2.24. The number of carboxylic acid groups (broad SMARTS) is 1. The number of rotatable bonds is 3. The second kappa shape index (κ2) is 4.73. The van der Waals surface area contributed by atoms with Crippen molar-refractivity contribution >= 4 is 16.9 Å². The van der Waals surface area contributed by atoms with Crippen LogP contribution in [0.15, 0.2) is 28.7 Å². The highest BCUT2D eigenvalue weighted by molar-refractivity contribution is 5.92. The molecule has 21 heavy (non-hydrogen) atoms. The number of para-hydroxylation sites is 1. The van der Waals surface area contributed by atoms with Gasteiger partial charge in [0, 0.05) is 12.4 Å². The molecule has 0 fully saturated rings. The molecule has 2 heterocycles. The maximum absolute atomic E-state index is 11.3. The molecule has 0 saturated heterocycles. The van der Waals surface area contributed by atoms with E-state index >= 15 is 0 Å². The highest BCUT2D eigenvalue weighted by atomic mass is 16.4. The van der Waals surface area contributed by atoms with Gasteiger partial charge < -0.3 is 9.52 Å². The minimum absolute atomic E-state index is 0.0384. The van der Waals surface area contributed by atoms with Gasteiger partial charge in [-0.05, 0) is 12.0 Å². The number of oxazole rings is 1. The largest absolute Gasteiger partial charge is 0.475 e. The molecule has 6 nitrogen and oxygen atoms in total. The number of nitrogens with zero attached hydrogens (tertiary/aromatic N) is 3. The fourth-order valence-electron chi connectivity index (χ4n) is 2.35. The van der Waals surface area contributed by atoms with Gasteiger partial charge in [0.1, 0.15) is 0 Å². The van der Waals surface area contributed by atoms with Crippen molar-refractivity contribution in [3.05, 3.63) is 35.7 Å². The second-order valence-electron chi connectivity index (χ2n) is 5.18. The first-order chi connectivity index (χ1) is 9.99. The van der Waals surface area contributed by atoms with Crippen LogP contribution in [0.4, 0.5) is 0 Å². The summed E-state index contributed by atoms with van der Waals surface area (Å²) in [6.45, 7) is 3.76. The zero-order valence-corrected chi connectivity index (χ0v) is 12.0. The standard InChI is InChI=1S/C15H15N3O3/c1-8(2)11-13(15(19)20)21-14(16-11)12-9-6-4-5-7-10(9)18(3)17-12/h4-8H,1-3H3,(H,19,20). The minimum atomic E-state index is -1.11. The number of carbonyl (C=O) groups is 1. The first-order valence-electron chi connectivity index (χ1n) is 6.65. The summed E-state index contributed by atoms with van der Waals surface area (Å²) in [4.78, 5) is 15.6. The molecule has 0 aliphatic heterocycles. The summed E-state index contributed by atoms with van der Waals surface area (Å²) in [5.74, 6) is -1.02. The third-order valence-electron chi connectivity index (χ3n) is 3.35. The van der Waals surface area contributed by atoms with Crippen LogP contribution in [0.1, 0.15) is 36.0 Å². The van der Waals surface area contributed by atoms with Gasteiger partial charge in [-0.15, -0.1) is 0 Å². The molecule has 1 N–H and O–H groups in total. The van der Waals surface area contributed by atoms with Crippen LogP contribution in [0.5, 0.6) is 0 Å². The topological polar surface area (TPSA) is 81.2 Å². The normalized spacial score (nSPS) is 11.4. The van der Waals surface area contributed by atoms with Crippen LogP contribution in [0.2, 0.25) is 0 Å². The fraction of sp³-hybridized carbons (Fsp3) is 0.267. The number of aromatic nitrogens is 3. The van der Waals surface area contributed by atoms with Gasteiger partial charge >= 0.3 is 5.97 Å². The van der Waals surface area contributed by atoms with E-state index in [4.69, 9.17) is 4.42 Å².